The quantitative estimate of drug-likeness (QED) is 0.791. The zero-order valence-corrected chi connectivity index (χ0v) is 10.8. The summed E-state index contributed by atoms with van der Waals surface area (Å²) < 4.78 is 13.6. The Morgan fingerprint density at radius 2 is 1.76 bits per heavy atom. The van der Waals surface area contributed by atoms with Gasteiger partial charge in [-0.15, -0.1) is 0 Å². The molecule has 1 unspecified atom stereocenters. The van der Waals surface area contributed by atoms with Crippen LogP contribution in [0, 0.1) is 5.82 Å². The van der Waals surface area contributed by atoms with Crippen molar-refractivity contribution in [2.24, 2.45) is 5.73 Å². The molecule has 17 heavy (non-hydrogen) atoms. The van der Waals surface area contributed by atoms with Crippen LogP contribution in [0.4, 0.5) is 4.39 Å². The molecule has 0 aliphatic heterocycles. The summed E-state index contributed by atoms with van der Waals surface area (Å²) in [5.41, 5.74) is 6.69. The second-order valence-corrected chi connectivity index (χ2v) is 4.43. The number of hydrogen-bond donors (Lipinski definition) is 1. The van der Waals surface area contributed by atoms with Crippen LogP contribution in [0.1, 0.15) is 38.3 Å². The average molecular weight is 238 g/mol. The molecule has 0 bridgehead atoms. The Balaban J connectivity index is 2.63. The fraction of sp³-hybridized carbons (Fsp3) is 0.571. The van der Waals surface area contributed by atoms with Gasteiger partial charge in [0.05, 0.1) is 0 Å². The average Bonchev–Trinajstić information content (AvgIpc) is 2.30. The van der Waals surface area contributed by atoms with Crippen LogP contribution < -0.4 is 5.73 Å². The summed E-state index contributed by atoms with van der Waals surface area (Å²) in [6.45, 7) is 7.07. The van der Waals surface area contributed by atoms with Gasteiger partial charge in [-0.2, -0.15) is 0 Å². The van der Waals surface area contributed by atoms with E-state index in [9.17, 15) is 4.39 Å². The van der Waals surface area contributed by atoms with E-state index in [0.29, 0.717) is 5.56 Å². The largest absolute Gasteiger partial charge is 0.323 e. The molecule has 0 fully saturated rings. The third-order valence-corrected chi connectivity index (χ3v) is 2.84. The van der Waals surface area contributed by atoms with E-state index in [-0.39, 0.29) is 11.9 Å². The highest BCUT2D eigenvalue weighted by molar-refractivity contribution is 5.21. The van der Waals surface area contributed by atoms with Gasteiger partial charge in [0.25, 0.3) is 0 Å². The maximum atomic E-state index is 13.6. The summed E-state index contributed by atoms with van der Waals surface area (Å²) >= 11 is 0. The lowest BCUT2D eigenvalue weighted by atomic mass is 10.1. The Morgan fingerprint density at radius 3 is 2.29 bits per heavy atom. The van der Waals surface area contributed by atoms with E-state index in [0.717, 1.165) is 32.5 Å². The summed E-state index contributed by atoms with van der Waals surface area (Å²) in [5.74, 6) is -0.201. The minimum Gasteiger partial charge on any atom is -0.323 e. The lowest BCUT2D eigenvalue weighted by molar-refractivity contribution is 0.257. The maximum Gasteiger partial charge on any atom is 0.128 e. The van der Waals surface area contributed by atoms with Crippen LogP contribution in [0.25, 0.3) is 0 Å². The van der Waals surface area contributed by atoms with Crippen LogP contribution in [-0.2, 0) is 0 Å². The van der Waals surface area contributed by atoms with Crippen molar-refractivity contribution in [2.45, 2.75) is 32.7 Å². The number of nitrogens with zero attached hydrogens (tertiary/aromatic N) is 1. The Kier molecular flexibility index (Phi) is 6.16. The van der Waals surface area contributed by atoms with E-state index in [2.05, 4.69) is 18.7 Å². The zero-order valence-electron chi connectivity index (χ0n) is 10.8. The Morgan fingerprint density at radius 1 is 1.18 bits per heavy atom. The molecular weight excluding hydrogens is 215 g/mol. The zero-order chi connectivity index (χ0) is 12.7. The highest BCUT2D eigenvalue weighted by Gasteiger charge is 2.14. The van der Waals surface area contributed by atoms with Crippen LogP contribution in [0.3, 0.4) is 0 Å². The second-order valence-electron chi connectivity index (χ2n) is 4.43. The molecule has 1 atom stereocenters. The monoisotopic (exact) mass is 238 g/mol. The molecule has 2 nitrogen and oxygen atoms in total. The Labute approximate surface area is 104 Å². The molecule has 0 amide bonds. The molecule has 1 aromatic carbocycles. The standard InChI is InChI=1S/C14H23FN2/c1-3-9-17(10-4-2)11-14(16)12-7-5-6-8-13(12)15/h5-8,14H,3-4,9-11,16H2,1-2H3. The number of hydrogen-bond acceptors (Lipinski definition) is 2. The number of halogens is 1. The Hall–Kier alpha value is -0.930. The lowest BCUT2D eigenvalue weighted by Gasteiger charge is -2.25. The molecule has 0 saturated heterocycles. The van der Waals surface area contributed by atoms with Crippen molar-refractivity contribution >= 4 is 0 Å². The summed E-state index contributed by atoms with van der Waals surface area (Å²) in [7, 11) is 0. The highest BCUT2D eigenvalue weighted by Crippen LogP contribution is 2.15. The van der Waals surface area contributed by atoms with Crippen molar-refractivity contribution in [1.29, 1.82) is 0 Å². The number of benzene rings is 1. The smallest absolute Gasteiger partial charge is 0.128 e. The third kappa shape index (κ3) is 4.44. The summed E-state index contributed by atoms with van der Waals surface area (Å²) in [6, 6.07) is 6.54. The molecule has 0 aliphatic rings. The van der Waals surface area contributed by atoms with Crippen LogP contribution in [-0.4, -0.2) is 24.5 Å². The summed E-state index contributed by atoms with van der Waals surface area (Å²) in [4.78, 5) is 2.30. The van der Waals surface area contributed by atoms with Gasteiger partial charge in [-0.3, -0.25) is 0 Å². The second kappa shape index (κ2) is 7.41. The first-order chi connectivity index (χ1) is 8.19. The molecule has 0 saturated carbocycles. The van der Waals surface area contributed by atoms with Crippen molar-refractivity contribution in [3.8, 4) is 0 Å². The van der Waals surface area contributed by atoms with E-state index in [1.54, 1.807) is 12.1 Å². The van der Waals surface area contributed by atoms with E-state index in [1.807, 2.05) is 6.07 Å². The number of nitrogens with two attached hydrogens (primary N) is 1. The molecule has 3 heteroatoms. The lowest BCUT2D eigenvalue weighted by Crippen LogP contribution is -2.33. The molecule has 1 aromatic rings. The van der Waals surface area contributed by atoms with Crippen molar-refractivity contribution in [2.75, 3.05) is 19.6 Å². The van der Waals surface area contributed by atoms with Crippen LogP contribution in [0.15, 0.2) is 24.3 Å². The van der Waals surface area contributed by atoms with Crippen LogP contribution in [0.2, 0.25) is 0 Å². The van der Waals surface area contributed by atoms with Crippen molar-refractivity contribution in [1.82, 2.24) is 4.90 Å². The van der Waals surface area contributed by atoms with Gasteiger partial charge in [0.2, 0.25) is 0 Å². The van der Waals surface area contributed by atoms with Crippen LogP contribution in [0.5, 0.6) is 0 Å². The molecule has 0 spiro atoms. The van der Waals surface area contributed by atoms with Gasteiger partial charge >= 0.3 is 0 Å². The molecule has 96 valence electrons. The highest BCUT2D eigenvalue weighted by atomic mass is 19.1. The van der Waals surface area contributed by atoms with Crippen LogP contribution >= 0.6 is 0 Å². The Bertz CT molecular complexity index is 322. The first kappa shape index (κ1) is 14.1. The maximum absolute atomic E-state index is 13.6. The molecule has 0 aromatic heterocycles. The van der Waals surface area contributed by atoms with E-state index < -0.39 is 0 Å². The molecular formula is C14H23FN2. The molecule has 2 N–H and O–H groups in total. The topological polar surface area (TPSA) is 29.3 Å². The SMILES string of the molecule is CCCN(CCC)CC(N)c1ccccc1F. The number of rotatable bonds is 7. The summed E-state index contributed by atoms with van der Waals surface area (Å²) in [6.07, 6.45) is 2.20. The fourth-order valence-corrected chi connectivity index (χ4v) is 2.08. The van der Waals surface area contributed by atoms with Gasteiger partial charge in [-0.05, 0) is 32.0 Å². The minimum atomic E-state index is -0.241. The van der Waals surface area contributed by atoms with Crippen molar-refractivity contribution < 1.29 is 4.39 Å². The normalized spacial score (nSPS) is 13.0. The van der Waals surface area contributed by atoms with Gasteiger partial charge < -0.3 is 10.6 Å². The minimum absolute atomic E-state index is 0.201. The molecule has 0 aliphatic carbocycles. The van der Waals surface area contributed by atoms with Gasteiger partial charge in [0.1, 0.15) is 5.82 Å². The van der Waals surface area contributed by atoms with E-state index >= 15 is 0 Å². The molecule has 0 radical (unpaired) electrons. The molecule has 1 rings (SSSR count). The van der Waals surface area contributed by atoms with E-state index in [1.165, 1.54) is 6.07 Å². The van der Waals surface area contributed by atoms with Gasteiger partial charge in [0, 0.05) is 18.2 Å². The van der Waals surface area contributed by atoms with Gasteiger partial charge in [-0.25, -0.2) is 4.39 Å². The summed E-state index contributed by atoms with van der Waals surface area (Å²) in [5, 5.41) is 0. The third-order valence-electron chi connectivity index (χ3n) is 2.84. The predicted octanol–water partition coefficient (Wildman–Crippen LogP) is 2.95. The predicted molar refractivity (Wildman–Crippen MR) is 70.4 cm³/mol. The van der Waals surface area contributed by atoms with Gasteiger partial charge in [-0.1, -0.05) is 32.0 Å². The van der Waals surface area contributed by atoms with Gasteiger partial charge in [0.15, 0.2) is 0 Å². The molecule has 0 heterocycles. The fourth-order valence-electron chi connectivity index (χ4n) is 2.08. The van der Waals surface area contributed by atoms with E-state index in [4.69, 9.17) is 5.73 Å². The first-order valence-electron chi connectivity index (χ1n) is 6.41. The first-order valence-corrected chi connectivity index (χ1v) is 6.41. The van der Waals surface area contributed by atoms with Crippen molar-refractivity contribution in [3.63, 3.8) is 0 Å². The van der Waals surface area contributed by atoms with Crippen molar-refractivity contribution in [3.05, 3.63) is 35.6 Å².